The maximum Gasteiger partial charge on any atom is 0.221 e. The van der Waals surface area contributed by atoms with Gasteiger partial charge in [0.15, 0.2) is 0 Å². The van der Waals surface area contributed by atoms with E-state index in [9.17, 15) is 4.79 Å². The van der Waals surface area contributed by atoms with Crippen molar-refractivity contribution in [3.8, 4) is 0 Å². The van der Waals surface area contributed by atoms with Gasteiger partial charge in [0.1, 0.15) is 0 Å². The van der Waals surface area contributed by atoms with Gasteiger partial charge in [0.2, 0.25) is 5.91 Å². The molecule has 0 heterocycles. The van der Waals surface area contributed by atoms with Crippen molar-refractivity contribution < 1.29 is 4.79 Å². The third-order valence-corrected chi connectivity index (χ3v) is 4.01. The zero-order valence-corrected chi connectivity index (χ0v) is 10.5. The van der Waals surface area contributed by atoms with E-state index >= 15 is 0 Å². The highest BCUT2D eigenvalue weighted by atomic mass is 16.1. The summed E-state index contributed by atoms with van der Waals surface area (Å²) in [7, 11) is 0. The van der Waals surface area contributed by atoms with Gasteiger partial charge in [0, 0.05) is 24.4 Å². The molecule has 3 heteroatoms. The number of hydrogen-bond donors (Lipinski definition) is 2. The predicted octanol–water partition coefficient (Wildman–Crippen LogP) is 1.79. The number of amides is 1. The van der Waals surface area contributed by atoms with E-state index in [1.807, 2.05) is 6.07 Å². The van der Waals surface area contributed by atoms with Gasteiger partial charge in [-0.05, 0) is 30.7 Å². The molecule has 2 aliphatic rings. The number of nitrogens with one attached hydrogen (secondary N) is 1. The fourth-order valence-corrected chi connectivity index (χ4v) is 2.59. The normalized spacial score (nSPS) is 27.6. The van der Waals surface area contributed by atoms with E-state index in [2.05, 4.69) is 29.6 Å². The van der Waals surface area contributed by atoms with Crippen molar-refractivity contribution in [3.05, 3.63) is 35.9 Å². The Bertz CT molecular complexity index is 427. The molecule has 3 rings (SSSR count). The molecule has 3 unspecified atom stereocenters. The summed E-state index contributed by atoms with van der Waals surface area (Å²) in [5.74, 6) is 1.23. The quantitative estimate of drug-likeness (QED) is 0.829. The van der Waals surface area contributed by atoms with Crippen LogP contribution in [-0.2, 0) is 4.79 Å². The van der Waals surface area contributed by atoms with Gasteiger partial charge in [-0.1, -0.05) is 30.3 Å². The molecule has 2 fully saturated rings. The summed E-state index contributed by atoms with van der Waals surface area (Å²) in [6.07, 6.45) is 3.95. The fourth-order valence-electron chi connectivity index (χ4n) is 2.59. The Morgan fingerprint density at radius 2 is 2.06 bits per heavy atom. The van der Waals surface area contributed by atoms with Gasteiger partial charge in [-0.3, -0.25) is 4.79 Å². The zero-order chi connectivity index (χ0) is 12.5. The van der Waals surface area contributed by atoms with Crippen LogP contribution in [0, 0.1) is 5.92 Å². The molecule has 0 saturated heterocycles. The molecular formula is C15H20N2O. The van der Waals surface area contributed by atoms with Crippen LogP contribution in [0.25, 0.3) is 0 Å². The van der Waals surface area contributed by atoms with E-state index in [4.69, 9.17) is 5.73 Å². The van der Waals surface area contributed by atoms with Crippen molar-refractivity contribution in [2.75, 3.05) is 0 Å². The Morgan fingerprint density at radius 1 is 1.33 bits per heavy atom. The Morgan fingerprint density at radius 3 is 2.72 bits per heavy atom. The van der Waals surface area contributed by atoms with Crippen LogP contribution in [0.3, 0.4) is 0 Å². The maximum atomic E-state index is 11.8. The van der Waals surface area contributed by atoms with Crippen LogP contribution in [0.1, 0.15) is 37.2 Å². The molecular weight excluding hydrogens is 224 g/mol. The molecule has 2 aliphatic carbocycles. The molecule has 0 aliphatic heterocycles. The second kappa shape index (κ2) is 4.73. The molecule has 1 aromatic rings. The van der Waals surface area contributed by atoms with Crippen molar-refractivity contribution in [3.63, 3.8) is 0 Å². The van der Waals surface area contributed by atoms with Crippen LogP contribution in [-0.4, -0.2) is 18.0 Å². The van der Waals surface area contributed by atoms with E-state index in [0.717, 1.165) is 6.42 Å². The van der Waals surface area contributed by atoms with Gasteiger partial charge in [-0.15, -0.1) is 0 Å². The lowest BCUT2D eigenvalue weighted by atomic mass is 10.1. The first-order valence-electron chi connectivity index (χ1n) is 6.84. The topological polar surface area (TPSA) is 55.1 Å². The highest BCUT2D eigenvalue weighted by molar-refractivity contribution is 5.77. The zero-order valence-electron chi connectivity index (χ0n) is 10.5. The van der Waals surface area contributed by atoms with E-state index in [1.54, 1.807) is 0 Å². The number of benzene rings is 1. The monoisotopic (exact) mass is 244 g/mol. The Labute approximate surface area is 108 Å². The molecule has 0 aromatic heterocycles. The second-order valence-corrected chi connectivity index (χ2v) is 5.63. The second-order valence-electron chi connectivity index (χ2n) is 5.63. The van der Waals surface area contributed by atoms with Crippen molar-refractivity contribution >= 4 is 5.91 Å². The number of carbonyl (C=O) groups excluding carboxylic acids is 1. The highest BCUT2D eigenvalue weighted by Gasteiger charge is 2.40. The standard InChI is InChI=1S/C15H20N2O/c16-13(11-6-7-11)9-15(18)17-14-8-12(14)10-4-2-1-3-5-10/h1-5,11-14H,6-9,16H2,(H,17,18). The Kier molecular flexibility index (Phi) is 3.08. The van der Waals surface area contributed by atoms with E-state index in [1.165, 1.54) is 18.4 Å². The smallest absolute Gasteiger partial charge is 0.221 e. The first-order valence-corrected chi connectivity index (χ1v) is 6.84. The number of nitrogens with two attached hydrogens (primary N) is 1. The molecule has 18 heavy (non-hydrogen) atoms. The predicted molar refractivity (Wildman–Crippen MR) is 71.0 cm³/mol. The summed E-state index contributed by atoms with van der Waals surface area (Å²) in [6, 6.07) is 10.8. The van der Waals surface area contributed by atoms with Crippen molar-refractivity contribution in [1.29, 1.82) is 0 Å². The molecule has 3 N–H and O–H groups in total. The van der Waals surface area contributed by atoms with Crippen LogP contribution in [0.5, 0.6) is 0 Å². The SMILES string of the molecule is NC(CC(=O)NC1CC1c1ccccc1)C1CC1. The van der Waals surface area contributed by atoms with Gasteiger partial charge in [-0.25, -0.2) is 0 Å². The molecule has 0 radical (unpaired) electrons. The first kappa shape index (κ1) is 11.7. The Hall–Kier alpha value is -1.35. The molecule has 96 valence electrons. The minimum absolute atomic E-state index is 0.0684. The number of carbonyl (C=O) groups is 1. The lowest BCUT2D eigenvalue weighted by molar-refractivity contribution is -0.121. The third-order valence-electron chi connectivity index (χ3n) is 4.01. The lowest BCUT2D eigenvalue weighted by Gasteiger charge is -2.10. The molecule has 0 bridgehead atoms. The molecule has 1 aromatic carbocycles. The van der Waals surface area contributed by atoms with Crippen molar-refractivity contribution in [2.45, 2.75) is 43.7 Å². The first-order chi connectivity index (χ1) is 8.74. The van der Waals surface area contributed by atoms with Gasteiger partial charge in [-0.2, -0.15) is 0 Å². The highest BCUT2D eigenvalue weighted by Crippen LogP contribution is 2.40. The van der Waals surface area contributed by atoms with Crippen LogP contribution >= 0.6 is 0 Å². The molecule has 1 amide bonds. The van der Waals surface area contributed by atoms with Gasteiger partial charge >= 0.3 is 0 Å². The molecule has 0 spiro atoms. The van der Waals surface area contributed by atoms with E-state index in [-0.39, 0.29) is 11.9 Å². The third kappa shape index (κ3) is 2.72. The minimum atomic E-state index is 0.0684. The van der Waals surface area contributed by atoms with Crippen LogP contribution in [0.15, 0.2) is 30.3 Å². The average Bonchev–Trinajstić information content (AvgIpc) is 3.24. The fraction of sp³-hybridized carbons (Fsp3) is 0.533. The van der Waals surface area contributed by atoms with Crippen LogP contribution in [0.2, 0.25) is 0 Å². The summed E-state index contributed by atoms with van der Waals surface area (Å²) in [5.41, 5.74) is 7.29. The average molecular weight is 244 g/mol. The van der Waals surface area contributed by atoms with Gasteiger partial charge in [0.25, 0.3) is 0 Å². The molecule has 2 saturated carbocycles. The number of rotatable bonds is 5. The number of hydrogen-bond acceptors (Lipinski definition) is 2. The summed E-state index contributed by atoms with van der Waals surface area (Å²) in [5, 5.41) is 3.10. The van der Waals surface area contributed by atoms with Crippen molar-refractivity contribution in [2.24, 2.45) is 11.7 Å². The summed E-state index contributed by atoms with van der Waals surface area (Å²) in [6.45, 7) is 0. The summed E-state index contributed by atoms with van der Waals surface area (Å²) in [4.78, 5) is 11.8. The van der Waals surface area contributed by atoms with Gasteiger partial charge < -0.3 is 11.1 Å². The van der Waals surface area contributed by atoms with E-state index in [0.29, 0.717) is 24.3 Å². The van der Waals surface area contributed by atoms with Gasteiger partial charge in [0.05, 0.1) is 0 Å². The summed E-state index contributed by atoms with van der Waals surface area (Å²) >= 11 is 0. The van der Waals surface area contributed by atoms with E-state index < -0.39 is 0 Å². The summed E-state index contributed by atoms with van der Waals surface area (Å²) < 4.78 is 0. The maximum absolute atomic E-state index is 11.8. The van der Waals surface area contributed by atoms with Crippen LogP contribution in [0.4, 0.5) is 0 Å². The molecule has 3 atom stereocenters. The Balaban J connectivity index is 1.46. The minimum Gasteiger partial charge on any atom is -0.353 e. The molecule has 3 nitrogen and oxygen atoms in total. The van der Waals surface area contributed by atoms with Crippen molar-refractivity contribution in [1.82, 2.24) is 5.32 Å². The largest absolute Gasteiger partial charge is 0.353 e. The van der Waals surface area contributed by atoms with Crippen LogP contribution < -0.4 is 11.1 Å². The lowest BCUT2D eigenvalue weighted by Crippen LogP contribution is -2.34.